The van der Waals surface area contributed by atoms with E-state index in [1.54, 1.807) is 4.31 Å². The number of sulfonamides is 1. The van der Waals surface area contributed by atoms with Gasteiger partial charge in [-0.3, -0.25) is 4.79 Å². The van der Waals surface area contributed by atoms with Gasteiger partial charge in [-0.05, 0) is 31.2 Å². The maximum Gasteiger partial charge on any atom is 0.220 e. The first kappa shape index (κ1) is 18.9. The predicted molar refractivity (Wildman–Crippen MR) is 96.2 cm³/mol. The molecule has 0 aliphatic carbocycles. The molecular formula is C18H28N2O3S. The van der Waals surface area contributed by atoms with E-state index in [1.807, 2.05) is 37.3 Å². The molecule has 0 saturated carbocycles. The van der Waals surface area contributed by atoms with E-state index in [4.69, 9.17) is 0 Å². The molecule has 1 aliphatic rings. The summed E-state index contributed by atoms with van der Waals surface area (Å²) < 4.78 is 25.9. The number of piperidine rings is 1. The van der Waals surface area contributed by atoms with Crippen LogP contribution in [-0.4, -0.2) is 43.5 Å². The molecule has 1 aliphatic heterocycles. The number of unbranched alkanes of at least 4 members (excludes halogenated alkanes) is 1. The summed E-state index contributed by atoms with van der Waals surface area (Å²) in [5.74, 6) is 0.281. The quantitative estimate of drug-likeness (QED) is 0.781. The zero-order valence-corrected chi connectivity index (χ0v) is 15.2. The van der Waals surface area contributed by atoms with E-state index >= 15 is 0 Å². The van der Waals surface area contributed by atoms with E-state index in [1.165, 1.54) is 0 Å². The third-order valence-electron chi connectivity index (χ3n) is 4.45. The Balaban J connectivity index is 1.71. The number of carbonyl (C=O) groups excluding carboxylic acids is 1. The van der Waals surface area contributed by atoms with Gasteiger partial charge in [0.15, 0.2) is 0 Å². The van der Waals surface area contributed by atoms with Gasteiger partial charge in [-0.15, -0.1) is 0 Å². The Hall–Kier alpha value is -1.40. The number of nitrogens with zero attached hydrogens (tertiary/aromatic N) is 1. The van der Waals surface area contributed by atoms with Crippen molar-refractivity contribution in [2.24, 2.45) is 0 Å². The molecule has 134 valence electrons. The average Bonchev–Trinajstić information content (AvgIpc) is 2.60. The van der Waals surface area contributed by atoms with Crippen molar-refractivity contribution in [2.45, 2.75) is 51.5 Å². The molecule has 0 spiro atoms. The molecule has 5 nitrogen and oxygen atoms in total. The Morgan fingerprint density at radius 1 is 1.21 bits per heavy atom. The van der Waals surface area contributed by atoms with E-state index in [0.29, 0.717) is 38.8 Å². The van der Waals surface area contributed by atoms with Crippen LogP contribution in [0.3, 0.4) is 0 Å². The molecule has 2 rings (SSSR count). The van der Waals surface area contributed by atoms with Gasteiger partial charge < -0.3 is 5.32 Å². The van der Waals surface area contributed by atoms with Crippen LogP contribution in [0, 0.1) is 0 Å². The second-order valence-electron chi connectivity index (χ2n) is 6.40. The molecule has 0 aromatic heterocycles. The highest BCUT2D eigenvalue weighted by Gasteiger charge is 2.27. The Morgan fingerprint density at radius 2 is 1.88 bits per heavy atom. The molecule has 1 N–H and O–H groups in total. The highest BCUT2D eigenvalue weighted by molar-refractivity contribution is 7.89. The van der Waals surface area contributed by atoms with Crippen molar-refractivity contribution in [1.29, 1.82) is 0 Å². The van der Waals surface area contributed by atoms with Gasteiger partial charge in [0.25, 0.3) is 0 Å². The van der Waals surface area contributed by atoms with Gasteiger partial charge in [-0.1, -0.05) is 43.7 Å². The van der Waals surface area contributed by atoms with Crippen LogP contribution < -0.4 is 5.32 Å². The molecule has 24 heavy (non-hydrogen) atoms. The van der Waals surface area contributed by atoms with Crippen LogP contribution >= 0.6 is 0 Å². The van der Waals surface area contributed by atoms with Gasteiger partial charge in [-0.25, -0.2) is 12.7 Å². The Labute approximate surface area is 145 Å². The SMILES string of the molecule is CCCCS(=O)(=O)N1CCC(NC(=O)CCc2ccccc2)CC1. The fourth-order valence-corrected chi connectivity index (χ4v) is 4.62. The van der Waals surface area contributed by atoms with Crippen molar-refractivity contribution in [3.8, 4) is 0 Å². The zero-order chi connectivity index (χ0) is 17.4. The van der Waals surface area contributed by atoms with Crippen molar-refractivity contribution >= 4 is 15.9 Å². The highest BCUT2D eigenvalue weighted by atomic mass is 32.2. The summed E-state index contributed by atoms with van der Waals surface area (Å²) in [7, 11) is -3.12. The first-order valence-electron chi connectivity index (χ1n) is 8.82. The Bertz CT molecular complexity index is 608. The highest BCUT2D eigenvalue weighted by Crippen LogP contribution is 2.16. The van der Waals surface area contributed by atoms with Crippen LogP contribution in [0.1, 0.15) is 44.6 Å². The number of carbonyl (C=O) groups is 1. The minimum Gasteiger partial charge on any atom is -0.353 e. The normalized spacial score (nSPS) is 16.9. The van der Waals surface area contributed by atoms with Gasteiger partial charge >= 0.3 is 0 Å². The molecule has 6 heteroatoms. The van der Waals surface area contributed by atoms with E-state index in [0.717, 1.165) is 18.4 Å². The second-order valence-corrected chi connectivity index (χ2v) is 8.48. The largest absolute Gasteiger partial charge is 0.353 e. The lowest BCUT2D eigenvalue weighted by atomic mass is 10.1. The first-order chi connectivity index (χ1) is 11.5. The van der Waals surface area contributed by atoms with E-state index < -0.39 is 10.0 Å². The summed E-state index contributed by atoms with van der Waals surface area (Å²) in [4.78, 5) is 12.1. The topological polar surface area (TPSA) is 66.5 Å². The molecule has 0 atom stereocenters. The van der Waals surface area contributed by atoms with E-state index in [2.05, 4.69) is 5.32 Å². The summed E-state index contributed by atoms with van der Waals surface area (Å²) in [5, 5.41) is 3.04. The van der Waals surface area contributed by atoms with Crippen LogP contribution in [-0.2, 0) is 21.2 Å². The fourth-order valence-electron chi connectivity index (χ4n) is 2.94. The molecule has 1 fully saturated rings. The van der Waals surface area contributed by atoms with Crippen molar-refractivity contribution in [3.05, 3.63) is 35.9 Å². The van der Waals surface area contributed by atoms with E-state index in [9.17, 15) is 13.2 Å². The van der Waals surface area contributed by atoms with Crippen LogP contribution in [0.4, 0.5) is 0 Å². The smallest absolute Gasteiger partial charge is 0.220 e. The molecule has 0 radical (unpaired) electrons. The lowest BCUT2D eigenvalue weighted by molar-refractivity contribution is -0.122. The lowest BCUT2D eigenvalue weighted by Gasteiger charge is -2.31. The van der Waals surface area contributed by atoms with Gasteiger partial charge in [0.2, 0.25) is 15.9 Å². The standard InChI is InChI=1S/C18H28N2O3S/c1-2-3-15-24(22,23)20-13-11-17(12-14-20)19-18(21)10-9-16-7-5-4-6-8-16/h4-8,17H,2-3,9-15H2,1H3,(H,19,21). The number of benzene rings is 1. The van der Waals surface area contributed by atoms with Gasteiger partial charge in [0, 0.05) is 25.6 Å². The van der Waals surface area contributed by atoms with Gasteiger partial charge in [0.1, 0.15) is 0 Å². The Morgan fingerprint density at radius 3 is 2.50 bits per heavy atom. The number of hydrogen-bond acceptors (Lipinski definition) is 3. The van der Waals surface area contributed by atoms with Crippen LogP contribution in [0.25, 0.3) is 0 Å². The first-order valence-corrected chi connectivity index (χ1v) is 10.4. The number of aryl methyl sites for hydroxylation is 1. The number of hydrogen-bond donors (Lipinski definition) is 1. The third kappa shape index (κ3) is 5.91. The molecule has 0 bridgehead atoms. The summed E-state index contributed by atoms with van der Waals surface area (Å²) in [5.41, 5.74) is 1.16. The van der Waals surface area contributed by atoms with Crippen LogP contribution in [0.15, 0.2) is 30.3 Å². The number of nitrogens with one attached hydrogen (secondary N) is 1. The van der Waals surface area contributed by atoms with Crippen molar-refractivity contribution < 1.29 is 13.2 Å². The maximum absolute atomic E-state index is 12.2. The second kappa shape index (κ2) is 9.18. The fraction of sp³-hybridized carbons (Fsp3) is 0.611. The minimum absolute atomic E-state index is 0.0474. The van der Waals surface area contributed by atoms with Crippen LogP contribution in [0.2, 0.25) is 0 Å². The zero-order valence-electron chi connectivity index (χ0n) is 14.4. The third-order valence-corrected chi connectivity index (χ3v) is 6.41. The molecule has 1 aromatic rings. The molecule has 1 amide bonds. The summed E-state index contributed by atoms with van der Waals surface area (Å²) >= 11 is 0. The Kier molecular flexibility index (Phi) is 7.24. The van der Waals surface area contributed by atoms with Crippen molar-refractivity contribution in [3.63, 3.8) is 0 Å². The molecule has 1 heterocycles. The van der Waals surface area contributed by atoms with Gasteiger partial charge in [-0.2, -0.15) is 0 Å². The monoisotopic (exact) mass is 352 g/mol. The number of amides is 1. The molecule has 0 unspecified atom stereocenters. The summed E-state index contributed by atoms with van der Waals surface area (Å²) in [6.45, 7) is 3.01. The summed E-state index contributed by atoms with van der Waals surface area (Å²) in [6.07, 6.45) is 4.19. The number of rotatable bonds is 8. The van der Waals surface area contributed by atoms with Crippen molar-refractivity contribution in [2.75, 3.05) is 18.8 Å². The minimum atomic E-state index is -3.12. The lowest BCUT2D eigenvalue weighted by Crippen LogP contribution is -2.47. The molecule has 1 saturated heterocycles. The van der Waals surface area contributed by atoms with Crippen molar-refractivity contribution in [1.82, 2.24) is 9.62 Å². The van der Waals surface area contributed by atoms with E-state index in [-0.39, 0.29) is 17.7 Å². The van der Waals surface area contributed by atoms with Gasteiger partial charge in [0.05, 0.1) is 5.75 Å². The molecular weight excluding hydrogens is 324 g/mol. The summed E-state index contributed by atoms with van der Waals surface area (Å²) in [6, 6.07) is 10.0. The molecule has 1 aromatic carbocycles. The average molecular weight is 353 g/mol. The van der Waals surface area contributed by atoms with Crippen LogP contribution in [0.5, 0.6) is 0 Å². The predicted octanol–water partition coefficient (Wildman–Crippen LogP) is 2.33. The maximum atomic E-state index is 12.2.